The molecule has 0 bridgehead atoms. The van der Waals surface area contributed by atoms with Crippen LogP contribution in [0.3, 0.4) is 0 Å². The van der Waals surface area contributed by atoms with E-state index in [2.05, 4.69) is 0 Å². The van der Waals surface area contributed by atoms with Gasteiger partial charge in [0.05, 0.1) is 6.54 Å². The molecule has 0 radical (unpaired) electrons. The average molecular weight is 162 g/mol. The summed E-state index contributed by atoms with van der Waals surface area (Å²) in [6, 6.07) is 9.27. The second-order valence-corrected chi connectivity index (χ2v) is 2.89. The monoisotopic (exact) mass is 162 g/mol. The third-order valence-electron chi connectivity index (χ3n) is 2.03. The van der Waals surface area contributed by atoms with E-state index in [1.807, 2.05) is 30.3 Å². The Morgan fingerprint density at radius 2 is 2.00 bits per heavy atom. The van der Waals surface area contributed by atoms with Gasteiger partial charge in [-0.3, -0.25) is 4.79 Å². The van der Waals surface area contributed by atoms with Crippen LogP contribution in [0.5, 0.6) is 0 Å². The number of amides is 1. The highest BCUT2D eigenvalue weighted by atomic mass is 16.2. The number of β-lactam (4-membered cyclic amide) rings is 1. The van der Waals surface area contributed by atoms with E-state index >= 15 is 0 Å². The molecule has 2 N–H and O–H groups in total. The molecule has 1 saturated heterocycles. The van der Waals surface area contributed by atoms with Gasteiger partial charge in [-0.25, -0.2) is 0 Å². The lowest BCUT2D eigenvalue weighted by molar-refractivity contribution is -0.123. The first-order valence-corrected chi connectivity index (χ1v) is 3.91. The number of benzene rings is 1. The van der Waals surface area contributed by atoms with E-state index in [0.29, 0.717) is 6.54 Å². The van der Waals surface area contributed by atoms with Gasteiger partial charge < -0.3 is 10.6 Å². The Hall–Kier alpha value is -1.35. The molecule has 2 rings (SSSR count). The molecule has 12 heavy (non-hydrogen) atoms. The maximum absolute atomic E-state index is 11.2. The minimum absolute atomic E-state index is 0.0150. The van der Waals surface area contributed by atoms with Crippen molar-refractivity contribution in [3.8, 4) is 0 Å². The molecule has 1 amide bonds. The maximum atomic E-state index is 11.2. The van der Waals surface area contributed by atoms with Crippen LogP contribution >= 0.6 is 0 Å². The van der Waals surface area contributed by atoms with Crippen molar-refractivity contribution in [3.63, 3.8) is 0 Å². The van der Waals surface area contributed by atoms with Gasteiger partial charge in [0.2, 0.25) is 5.91 Å². The van der Waals surface area contributed by atoms with Crippen LogP contribution < -0.4 is 10.6 Å². The third-order valence-corrected chi connectivity index (χ3v) is 2.03. The van der Waals surface area contributed by atoms with Gasteiger partial charge in [-0.1, -0.05) is 18.2 Å². The number of carbonyl (C=O) groups excluding carboxylic acids is 1. The Bertz CT molecular complexity index is 297. The highest BCUT2D eigenvalue weighted by Gasteiger charge is 2.34. The third kappa shape index (κ3) is 0.987. The normalized spacial score (nSPS) is 22.2. The highest BCUT2D eigenvalue weighted by Crippen LogP contribution is 2.19. The molecule has 0 aromatic heterocycles. The van der Waals surface area contributed by atoms with E-state index in [9.17, 15) is 4.79 Å². The fraction of sp³-hybridized carbons (Fsp3) is 0.222. The summed E-state index contributed by atoms with van der Waals surface area (Å²) >= 11 is 0. The summed E-state index contributed by atoms with van der Waals surface area (Å²) in [6.07, 6.45) is 0. The smallest absolute Gasteiger partial charge is 0.245 e. The van der Waals surface area contributed by atoms with Crippen LogP contribution in [0.2, 0.25) is 0 Å². The van der Waals surface area contributed by atoms with E-state index < -0.39 is 0 Å². The predicted octanol–water partition coefficient (Wildman–Crippen LogP) is 0.360. The first-order chi connectivity index (χ1) is 5.79. The number of hydrogen-bond donors (Lipinski definition) is 1. The molecule has 1 aliphatic rings. The lowest BCUT2D eigenvalue weighted by Crippen LogP contribution is -2.61. The molecule has 0 aliphatic carbocycles. The van der Waals surface area contributed by atoms with Gasteiger partial charge in [-0.15, -0.1) is 0 Å². The van der Waals surface area contributed by atoms with Crippen LogP contribution in [0.1, 0.15) is 0 Å². The number of hydrogen-bond acceptors (Lipinski definition) is 2. The number of para-hydroxylation sites is 1. The Labute approximate surface area is 70.8 Å². The van der Waals surface area contributed by atoms with Crippen molar-refractivity contribution in [1.29, 1.82) is 0 Å². The molecule has 1 aromatic rings. The second-order valence-electron chi connectivity index (χ2n) is 2.89. The lowest BCUT2D eigenvalue weighted by Gasteiger charge is -2.35. The Morgan fingerprint density at radius 3 is 2.50 bits per heavy atom. The summed E-state index contributed by atoms with van der Waals surface area (Å²) in [4.78, 5) is 12.8. The van der Waals surface area contributed by atoms with Gasteiger partial charge >= 0.3 is 0 Å². The summed E-state index contributed by atoms with van der Waals surface area (Å²) in [7, 11) is 0. The average Bonchev–Trinajstić information content (AvgIpc) is 2.15. The number of rotatable bonds is 1. The highest BCUT2D eigenvalue weighted by molar-refractivity contribution is 6.03. The second kappa shape index (κ2) is 2.60. The first-order valence-electron chi connectivity index (χ1n) is 3.91. The zero-order valence-electron chi connectivity index (χ0n) is 6.60. The van der Waals surface area contributed by atoms with Crippen LogP contribution in [0.15, 0.2) is 30.3 Å². The van der Waals surface area contributed by atoms with E-state index in [1.165, 1.54) is 0 Å². The molecule has 1 heterocycles. The number of anilines is 1. The van der Waals surface area contributed by atoms with E-state index in [4.69, 9.17) is 5.73 Å². The quantitative estimate of drug-likeness (QED) is 0.606. The molecule has 3 nitrogen and oxygen atoms in total. The minimum atomic E-state index is -0.287. The topological polar surface area (TPSA) is 46.3 Å². The first kappa shape index (κ1) is 7.31. The SMILES string of the molecule is NC1CN(c2ccccc2)C1=O. The van der Waals surface area contributed by atoms with Gasteiger partial charge in [0.15, 0.2) is 0 Å². The Balaban J connectivity index is 2.19. The van der Waals surface area contributed by atoms with E-state index in [-0.39, 0.29) is 11.9 Å². The summed E-state index contributed by atoms with van der Waals surface area (Å²) < 4.78 is 0. The number of carbonyl (C=O) groups is 1. The number of nitrogens with two attached hydrogens (primary N) is 1. The van der Waals surface area contributed by atoms with Gasteiger partial charge in [-0.05, 0) is 12.1 Å². The Kier molecular flexibility index (Phi) is 1.59. The lowest BCUT2D eigenvalue weighted by atomic mass is 10.1. The maximum Gasteiger partial charge on any atom is 0.245 e. The van der Waals surface area contributed by atoms with Crippen molar-refractivity contribution < 1.29 is 4.79 Å². The summed E-state index contributed by atoms with van der Waals surface area (Å²) in [5.41, 5.74) is 6.39. The van der Waals surface area contributed by atoms with Gasteiger partial charge in [0.25, 0.3) is 0 Å². The number of nitrogens with zero attached hydrogens (tertiary/aromatic N) is 1. The van der Waals surface area contributed by atoms with E-state index in [0.717, 1.165) is 5.69 Å². The van der Waals surface area contributed by atoms with Crippen molar-refractivity contribution in [2.45, 2.75) is 6.04 Å². The predicted molar refractivity (Wildman–Crippen MR) is 46.8 cm³/mol. The fourth-order valence-electron chi connectivity index (χ4n) is 1.29. The fourth-order valence-corrected chi connectivity index (χ4v) is 1.29. The Morgan fingerprint density at radius 1 is 1.33 bits per heavy atom. The van der Waals surface area contributed by atoms with Crippen molar-refractivity contribution in [2.75, 3.05) is 11.4 Å². The van der Waals surface area contributed by atoms with Crippen molar-refractivity contribution in [1.82, 2.24) is 0 Å². The standard InChI is InChI=1S/C9H10N2O/c10-8-6-11(9(8)12)7-4-2-1-3-5-7/h1-5,8H,6,10H2. The summed E-state index contributed by atoms with van der Waals surface area (Å²) in [5, 5.41) is 0. The van der Waals surface area contributed by atoms with Gasteiger partial charge in [-0.2, -0.15) is 0 Å². The molecule has 1 aromatic carbocycles. The van der Waals surface area contributed by atoms with Crippen molar-refractivity contribution >= 4 is 11.6 Å². The molecular formula is C9H10N2O. The largest absolute Gasteiger partial charge is 0.318 e. The van der Waals surface area contributed by atoms with Crippen LogP contribution in [-0.2, 0) is 4.79 Å². The molecule has 0 saturated carbocycles. The molecule has 1 aliphatic heterocycles. The van der Waals surface area contributed by atoms with Crippen LogP contribution in [0.25, 0.3) is 0 Å². The zero-order chi connectivity index (χ0) is 8.55. The van der Waals surface area contributed by atoms with E-state index in [1.54, 1.807) is 4.90 Å². The van der Waals surface area contributed by atoms with Crippen molar-refractivity contribution in [2.24, 2.45) is 5.73 Å². The molecule has 3 heteroatoms. The van der Waals surface area contributed by atoms with Gasteiger partial charge in [0.1, 0.15) is 6.04 Å². The van der Waals surface area contributed by atoms with Gasteiger partial charge in [0, 0.05) is 5.69 Å². The van der Waals surface area contributed by atoms with Crippen LogP contribution in [0.4, 0.5) is 5.69 Å². The molecule has 62 valence electrons. The molecule has 0 spiro atoms. The molecule has 1 unspecified atom stereocenters. The van der Waals surface area contributed by atoms with Crippen LogP contribution in [0, 0.1) is 0 Å². The molecular weight excluding hydrogens is 152 g/mol. The summed E-state index contributed by atoms with van der Waals surface area (Å²) in [6.45, 7) is 0.642. The van der Waals surface area contributed by atoms with Crippen molar-refractivity contribution in [3.05, 3.63) is 30.3 Å². The summed E-state index contributed by atoms with van der Waals surface area (Å²) in [5.74, 6) is 0.0150. The molecule has 1 fully saturated rings. The minimum Gasteiger partial charge on any atom is -0.318 e. The zero-order valence-corrected chi connectivity index (χ0v) is 6.60. The van der Waals surface area contributed by atoms with Crippen LogP contribution in [-0.4, -0.2) is 18.5 Å². The molecule has 1 atom stereocenters.